The summed E-state index contributed by atoms with van der Waals surface area (Å²) in [5.41, 5.74) is 0. The van der Waals surface area contributed by atoms with Crippen molar-refractivity contribution in [2.45, 2.75) is 51.7 Å². The van der Waals surface area contributed by atoms with Crippen molar-refractivity contribution < 1.29 is 4.53 Å². The van der Waals surface area contributed by atoms with Gasteiger partial charge in [0, 0.05) is 19.3 Å². The molecule has 0 amide bonds. The molecule has 0 atom stereocenters. The van der Waals surface area contributed by atoms with Crippen molar-refractivity contribution in [1.82, 2.24) is 5.06 Å². The third kappa shape index (κ3) is 5.77. The van der Waals surface area contributed by atoms with Crippen LogP contribution in [-0.4, -0.2) is 38.5 Å². The molecule has 102 valence electrons. The molecule has 0 unspecified atom stereocenters. The van der Waals surface area contributed by atoms with Crippen molar-refractivity contribution in [3.8, 4) is 0 Å². The summed E-state index contributed by atoms with van der Waals surface area (Å²) in [6, 6.07) is 0. The van der Waals surface area contributed by atoms with Crippen molar-refractivity contribution in [2.75, 3.05) is 25.1 Å². The molecular formula is C13H29NOSSi. The number of nitrogens with zero attached hydrogens (tertiary/aromatic N) is 1. The Balaban J connectivity index is 2.16. The van der Waals surface area contributed by atoms with Crippen LogP contribution in [0.5, 0.6) is 0 Å². The minimum Gasteiger partial charge on any atom is -0.343 e. The summed E-state index contributed by atoms with van der Waals surface area (Å²) in [5.74, 6) is 3.59. The summed E-state index contributed by atoms with van der Waals surface area (Å²) in [6.07, 6.45) is 2.92. The molecule has 1 aliphatic carbocycles. The maximum atomic E-state index is 6.18. The number of hydrogen-bond donors (Lipinski definition) is 0. The molecule has 1 fully saturated rings. The first-order valence-electron chi connectivity index (χ1n) is 6.70. The third-order valence-corrected chi connectivity index (χ3v) is 9.35. The van der Waals surface area contributed by atoms with E-state index in [1.165, 1.54) is 24.3 Å². The highest BCUT2D eigenvalue weighted by Gasteiger charge is 2.39. The van der Waals surface area contributed by atoms with Crippen LogP contribution in [0.4, 0.5) is 0 Å². The first-order chi connectivity index (χ1) is 7.72. The molecule has 2 nitrogen and oxygen atoms in total. The van der Waals surface area contributed by atoms with Gasteiger partial charge in [-0.05, 0) is 42.6 Å². The lowest BCUT2D eigenvalue weighted by Gasteiger charge is -2.38. The molecule has 0 saturated heterocycles. The highest BCUT2D eigenvalue weighted by atomic mass is 32.2. The number of hydroxylamine groups is 2. The Morgan fingerprint density at radius 3 is 2.35 bits per heavy atom. The fourth-order valence-electron chi connectivity index (χ4n) is 1.30. The Morgan fingerprint density at radius 1 is 1.29 bits per heavy atom. The van der Waals surface area contributed by atoms with Gasteiger partial charge >= 0.3 is 0 Å². The molecule has 0 N–H and O–H groups in total. The molecule has 1 rings (SSSR count). The van der Waals surface area contributed by atoms with Crippen LogP contribution in [-0.2, 0) is 4.53 Å². The summed E-state index contributed by atoms with van der Waals surface area (Å²) in [5, 5.41) is 2.36. The summed E-state index contributed by atoms with van der Waals surface area (Å²) in [7, 11) is 0.461. The topological polar surface area (TPSA) is 12.5 Å². The van der Waals surface area contributed by atoms with E-state index in [-0.39, 0.29) is 0 Å². The molecular weight excluding hydrogens is 246 g/mol. The highest BCUT2D eigenvalue weighted by molar-refractivity contribution is 7.99. The first-order valence-corrected chi connectivity index (χ1v) is 10.8. The molecule has 0 aromatic rings. The summed E-state index contributed by atoms with van der Waals surface area (Å²) < 4.78 is 6.18. The molecule has 0 heterocycles. The van der Waals surface area contributed by atoms with Gasteiger partial charge in [0.1, 0.15) is 0 Å². The second-order valence-electron chi connectivity index (χ2n) is 6.72. The SMILES string of the molecule is CN(CCSCC1CC1)O[Si](C)(C)C(C)(C)C. The molecule has 1 saturated carbocycles. The van der Waals surface area contributed by atoms with E-state index in [9.17, 15) is 0 Å². The maximum absolute atomic E-state index is 6.18. The fraction of sp³-hybridized carbons (Fsp3) is 1.00. The Morgan fingerprint density at radius 2 is 1.88 bits per heavy atom. The summed E-state index contributed by atoms with van der Waals surface area (Å²) in [6.45, 7) is 12.5. The zero-order chi connectivity index (χ0) is 13.1. The molecule has 0 radical (unpaired) electrons. The van der Waals surface area contributed by atoms with Gasteiger partial charge in [0.25, 0.3) is 0 Å². The van der Waals surface area contributed by atoms with Gasteiger partial charge in [-0.15, -0.1) is 0 Å². The van der Waals surface area contributed by atoms with Gasteiger partial charge in [0.2, 0.25) is 8.32 Å². The van der Waals surface area contributed by atoms with E-state index in [2.05, 4.69) is 57.7 Å². The minimum atomic E-state index is -1.62. The van der Waals surface area contributed by atoms with Gasteiger partial charge in [0.05, 0.1) is 0 Å². The predicted octanol–water partition coefficient (Wildman–Crippen LogP) is 4.00. The lowest BCUT2D eigenvalue weighted by atomic mass is 10.2. The van der Waals surface area contributed by atoms with Crippen LogP contribution in [0, 0.1) is 5.92 Å². The Bertz CT molecular complexity index is 236. The normalized spacial score (nSPS) is 17.8. The second-order valence-corrected chi connectivity index (χ2v) is 12.6. The lowest BCUT2D eigenvalue weighted by molar-refractivity contribution is -0.0412. The van der Waals surface area contributed by atoms with E-state index < -0.39 is 8.32 Å². The second kappa shape index (κ2) is 6.09. The van der Waals surface area contributed by atoms with Gasteiger partial charge < -0.3 is 4.53 Å². The zero-order valence-electron chi connectivity index (χ0n) is 12.4. The molecule has 0 aromatic heterocycles. The van der Waals surface area contributed by atoms with E-state index in [1.807, 2.05) is 0 Å². The van der Waals surface area contributed by atoms with Gasteiger partial charge in [0.15, 0.2) is 0 Å². The van der Waals surface area contributed by atoms with Crippen LogP contribution in [0.1, 0.15) is 33.6 Å². The fourth-order valence-corrected chi connectivity index (χ4v) is 3.66. The Hall–Kier alpha value is 0.487. The van der Waals surface area contributed by atoms with E-state index in [0.717, 1.165) is 12.5 Å². The van der Waals surface area contributed by atoms with Crippen LogP contribution >= 0.6 is 11.8 Å². The van der Waals surface area contributed by atoms with Crippen LogP contribution in [0.2, 0.25) is 18.1 Å². The smallest absolute Gasteiger partial charge is 0.220 e. The molecule has 0 aliphatic heterocycles. The highest BCUT2D eigenvalue weighted by Crippen LogP contribution is 2.37. The summed E-state index contributed by atoms with van der Waals surface area (Å²) in [4.78, 5) is 0. The van der Waals surface area contributed by atoms with E-state index in [0.29, 0.717) is 5.04 Å². The maximum Gasteiger partial charge on any atom is 0.220 e. The van der Waals surface area contributed by atoms with Gasteiger partial charge in [-0.25, -0.2) is 5.06 Å². The van der Waals surface area contributed by atoms with Crippen molar-refractivity contribution >= 4 is 20.1 Å². The van der Waals surface area contributed by atoms with Gasteiger partial charge in [-0.2, -0.15) is 11.8 Å². The lowest BCUT2D eigenvalue weighted by Crippen LogP contribution is -2.46. The van der Waals surface area contributed by atoms with E-state index in [4.69, 9.17) is 4.53 Å². The van der Waals surface area contributed by atoms with Crippen LogP contribution in [0.25, 0.3) is 0 Å². The summed E-state index contributed by atoms with van der Waals surface area (Å²) >= 11 is 2.08. The van der Waals surface area contributed by atoms with Crippen molar-refractivity contribution in [3.05, 3.63) is 0 Å². The number of hydrogen-bond acceptors (Lipinski definition) is 3. The molecule has 0 aromatic carbocycles. The quantitative estimate of drug-likeness (QED) is 0.396. The van der Waals surface area contributed by atoms with Crippen molar-refractivity contribution in [1.29, 1.82) is 0 Å². The standard InChI is InChI=1S/C13H29NOSSi/c1-13(2,3)17(5,6)15-14(4)9-10-16-11-12-7-8-12/h12H,7-11H2,1-6H3. The number of rotatable bonds is 7. The largest absolute Gasteiger partial charge is 0.343 e. The van der Waals surface area contributed by atoms with Crippen LogP contribution in [0.3, 0.4) is 0 Å². The third-order valence-electron chi connectivity index (χ3n) is 3.79. The molecule has 17 heavy (non-hydrogen) atoms. The zero-order valence-corrected chi connectivity index (χ0v) is 14.2. The molecule has 1 aliphatic rings. The van der Waals surface area contributed by atoms with E-state index >= 15 is 0 Å². The Kier molecular flexibility index (Phi) is 5.57. The monoisotopic (exact) mass is 275 g/mol. The average Bonchev–Trinajstić information content (AvgIpc) is 2.93. The molecule has 0 spiro atoms. The predicted molar refractivity (Wildman–Crippen MR) is 81.0 cm³/mol. The molecule has 4 heteroatoms. The average molecular weight is 276 g/mol. The van der Waals surface area contributed by atoms with Gasteiger partial charge in [-0.1, -0.05) is 20.8 Å². The van der Waals surface area contributed by atoms with Crippen molar-refractivity contribution in [2.24, 2.45) is 5.92 Å². The number of thioether (sulfide) groups is 1. The van der Waals surface area contributed by atoms with Gasteiger partial charge in [-0.3, -0.25) is 0 Å². The first kappa shape index (κ1) is 15.5. The Labute approximate surface area is 113 Å². The van der Waals surface area contributed by atoms with E-state index in [1.54, 1.807) is 0 Å². The van der Waals surface area contributed by atoms with Crippen LogP contribution in [0.15, 0.2) is 0 Å². The molecule has 0 bridgehead atoms. The van der Waals surface area contributed by atoms with Crippen molar-refractivity contribution in [3.63, 3.8) is 0 Å². The van der Waals surface area contributed by atoms with Crippen LogP contribution < -0.4 is 0 Å². The minimum absolute atomic E-state index is 0.294.